The van der Waals surface area contributed by atoms with Gasteiger partial charge in [-0.25, -0.2) is 0 Å². The van der Waals surface area contributed by atoms with Crippen LogP contribution in [-0.4, -0.2) is 13.2 Å². The molecule has 5 rings (SSSR count). The quantitative estimate of drug-likeness (QED) is 0.241. The second-order valence-electron chi connectivity index (χ2n) is 7.25. The van der Waals surface area contributed by atoms with Gasteiger partial charge in [0.15, 0.2) is 11.5 Å². The van der Waals surface area contributed by atoms with Crippen molar-refractivity contribution in [3.63, 3.8) is 0 Å². The molecule has 1 aliphatic heterocycles. The molecule has 10 heteroatoms. The lowest BCUT2D eigenvalue weighted by Gasteiger charge is -2.16. The summed E-state index contributed by atoms with van der Waals surface area (Å²) in [7, 11) is 0. The highest BCUT2D eigenvalue weighted by Crippen LogP contribution is 2.56. The first-order valence-corrected chi connectivity index (χ1v) is 13.7. The van der Waals surface area contributed by atoms with Crippen LogP contribution in [0.4, 0.5) is 0 Å². The van der Waals surface area contributed by atoms with E-state index in [2.05, 4.69) is 12.1 Å². The topological polar surface area (TPSA) is 114 Å². The minimum absolute atomic E-state index is 0.0618. The van der Waals surface area contributed by atoms with Crippen LogP contribution >= 0.6 is 45.3 Å². The average Bonchev–Trinajstić information content (AvgIpc) is 3.71. The molecule has 36 heavy (non-hydrogen) atoms. The number of nitrogens with zero attached hydrogens (tertiary/aromatic N) is 4. The van der Waals surface area contributed by atoms with Gasteiger partial charge in [-0.3, -0.25) is 0 Å². The Hall–Kier alpha value is -4.16. The Morgan fingerprint density at radius 1 is 0.583 bits per heavy atom. The van der Waals surface area contributed by atoms with Crippen molar-refractivity contribution >= 4 is 57.5 Å². The van der Waals surface area contributed by atoms with Crippen LogP contribution < -0.4 is 9.47 Å². The van der Waals surface area contributed by atoms with Crippen LogP contribution in [0.3, 0.4) is 0 Å². The molecule has 0 aromatic carbocycles. The monoisotopic (exact) mass is 540 g/mol. The normalized spacial score (nSPS) is 11.4. The first-order chi connectivity index (χ1) is 17.6. The van der Waals surface area contributed by atoms with Crippen LogP contribution in [0.25, 0.3) is 41.4 Å². The summed E-state index contributed by atoms with van der Waals surface area (Å²) in [6, 6.07) is 19.4. The van der Waals surface area contributed by atoms with Crippen molar-refractivity contribution in [3.8, 4) is 65.0 Å². The Labute approximate surface area is 222 Å². The molecule has 5 heterocycles. The fourth-order valence-corrected chi connectivity index (χ4v) is 7.85. The van der Waals surface area contributed by atoms with Crippen LogP contribution in [0.15, 0.2) is 47.5 Å². The molecule has 0 unspecified atom stereocenters. The number of nitriles is 4. The van der Waals surface area contributed by atoms with E-state index in [1.54, 1.807) is 34.8 Å². The number of hydrogen-bond donors (Lipinski definition) is 0. The standard InChI is InChI=1S/C26H12N4O2S4/c27-11-15(12-28)9-17-1-3-19(33-17)20-5-6-22(35-20)26-24-23(31-7-8-32-24)25(36-26)21-4-2-18(34-21)10-16(13-29)14-30/h1-6,9-10H,7-8H2. The van der Waals surface area contributed by atoms with Crippen LogP contribution in [0.5, 0.6) is 11.5 Å². The predicted octanol–water partition coefficient (Wildman–Crippen LogP) is 7.57. The first kappa shape index (κ1) is 23.6. The van der Waals surface area contributed by atoms with Crippen molar-refractivity contribution in [2.45, 2.75) is 0 Å². The van der Waals surface area contributed by atoms with Gasteiger partial charge in [-0.1, -0.05) is 0 Å². The van der Waals surface area contributed by atoms with E-state index in [0.29, 0.717) is 13.2 Å². The number of thiophene rings is 4. The number of fused-ring (bicyclic) bond motifs is 1. The Kier molecular flexibility index (Phi) is 6.69. The third-order valence-corrected chi connectivity index (χ3v) is 9.86. The lowest BCUT2D eigenvalue weighted by molar-refractivity contribution is 0.175. The zero-order valence-electron chi connectivity index (χ0n) is 18.3. The Bertz CT molecular complexity index is 1670. The number of ether oxygens (including phenoxy) is 2. The van der Waals surface area contributed by atoms with Crippen molar-refractivity contribution in [3.05, 3.63) is 57.3 Å². The maximum atomic E-state index is 9.05. The number of rotatable bonds is 5. The maximum Gasteiger partial charge on any atom is 0.181 e. The second-order valence-corrected chi connectivity index (χ2v) is 11.6. The van der Waals surface area contributed by atoms with Gasteiger partial charge in [-0.05, 0) is 48.6 Å². The fourth-order valence-electron chi connectivity index (χ4n) is 3.45. The summed E-state index contributed by atoms with van der Waals surface area (Å²) in [5.74, 6) is 1.45. The first-order valence-electron chi connectivity index (χ1n) is 10.4. The third kappa shape index (κ3) is 4.55. The molecule has 0 amide bonds. The molecule has 0 saturated heterocycles. The summed E-state index contributed by atoms with van der Waals surface area (Å²) in [5, 5.41) is 36.1. The van der Waals surface area contributed by atoms with Crippen molar-refractivity contribution in [2.75, 3.05) is 13.2 Å². The van der Waals surface area contributed by atoms with E-state index in [9.17, 15) is 0 Å². The van der Waals surface area contributed by atoms with E-state index in [4.69, 9.17) is 30.5 Å². The highest BCUT2D eigenvalue weighted by molar-refractivity contribution is 7.29. The van der Waals surface area contributed by atoms with Crippen LogP contribution in [0, 0.1) is 45.3 Å². The van der Waals surface area contributed by atoms with Gasteiger partial charge in [0, 0.05) is 29.3 Å². The van der Waals surface area contributed by atoms with Gasteiger partial charge >= 0.3 is 0 Å². The van der Waals surface area contributed by atoms with Crippen molar-refractivity contribution in [2.24, 2.45) is 0 Å². The molecule has 0 radical (unpaired) electrons. The molecular weight excluding hydrogens is 529 g/mol. The zero-order chi connectivity index (χ0) is 25.1. The number of hydrogen-bond acceptors (Lipinski definition) is 10. The van der Waals surface area contributed by atoms with E-state index >= 15 is 0 Å². The summed E-state index contributed by atoms with van der Waals surface area (Å²) < 4.78 is 12.1. The minimum atomic E-state index is 0.0618. The molecule has 172 valence electrons. The zero-order valence-corrected chi connectivity index (χ0v) is 21.5. The third-order valence-electron chi connectivity index (χ3n) is 5.00. The predicted molar refractivity (Wildman–Crippen MR) is 144 cm³/mol. The van der Waals surface area contributed by atoms with Gasteiger partial charge in [0.05, 0.1) is 9.75 Å². The Morgan fingerprint density at radius 3 is 1.56 bits per heavy atom. The summed E-state index contributed by atoms with van der Waals surface area (Å²) in [4.78, 5) is 7.78. The van der Waals surface area contributed by atoms with Gasteiger partial charge < -0.3 is 9.47 Å². The smallest absolute Gasteiger partial charge is 0.181 e. The summed E-state index contributed by atoms with van der Waals surface area (Å²) in [5.41, 5.74) is 0.139. The number of allylic oxidation sites excluding steroid dienone is 2. The van der Waals surface area contributed by atoms with E-state index in [-0.39, 0.29) is 11.1 Å². The fraction of sp³-hybridized carbons (Fsp3) is 0.0769. The molecule has 0 atom stereocenters. The van der Waals surface area contributed by atoms with E-state index in [1.807, 2.05) is 48.5 Å². The van der Waals surface area contributed by atoms with Gasteiger partial charge in [-0.15, -0.1) is 45.3 Å². The van der Waals surface area contributed by atoms with Gasteiger partial charge in [-0.2, -0.15) is 21.0 Å². The van der Waals surface area contributed by atoms with Gasteiger partial charge in [0.2, 0.25) is 0 Å². The van der Waals surface area contributed by atoms with Crippen molar-refractivity contribution < 1.29 is 9.47 Å². The molecule has 1 aliphatic rings. The highest BCUT2D eigenvalue weighted by Gasteiger charge is 2.27. The summed E-state index contributed by atoms with van der Waals surface area (Å²) >= 11 is 6.25. The molecule has 0 fully saturated rings. The second kappa shape index (κ2) is 10.2. The summed E-state index contributed by atoms with van der Waals surface area (Å²) in [6.45, 7) is 0.942. The highest BCUT2D eigenvalue weighted by atomic mass is 32.1. The molecule has 0 aliphatic carbocycles. The van der Waals surface area contributed by atoms with E-state index < -0.39 is 0 Å². The van der Waals surface area contributed by atoms with Crippen LogP contribution in [-0.2, 0) is 0 Å². The largest absolute Gasteiger partial charge is 0.485 e. The molecule has 0 spiro atoms. The molecule has 4 aromatic heterocycles. The van der Waals surface area contributed by atoms with E-state index in [1.165, 1.54) is 22.7 Å². The summed E-state index contributed by atoms with van der Waals surface area (Å²) in [6.07, 6.45) is 3.18. The molecule has 0 saturated carbocycles. The Balaban J connectivity index is 1.50. The molecule has 0 bridgehead atoms. The average molecular weight is 541 g/mol. The molecule has 0 N–H and O–H groups in total. The lowest BCUT2D eigenvalue weighted by Crippen LogP contribution is -2.14. The van der Waals surface area contributed by atoms with Crippen molar-refractivity contribution in [1.29, 1.82) is 21.0 Å². The van der Waals surface area contributed by atoms with Gasteiger partial charge in [0.1, 0.15) is 48.6 Å². The molecular formula is C26H12N4O2S4. The lowest BCUT2D eigenvalue weighted by atomic mass is 10.2. The minimum Gasteiger partial charge on any atom is -0.485 e. The molecule has 6 nitrogen and oxygen atoms in total. The SMILES string of the molecule is N#CC(C#N)=Cc1ccc(-c2ccc(-c3sc(-c4ccc(C=C(C#N)C#N)s4)c4c3OCCO4)s2)s1. The Morgan fingerprint density at radius 2 is 1.00 bits per heavy atom. The maximum absolute atomic E-state index is 9.05. The van der Waals surface area contributed by atoms with Gasteiger partial charge in [0.25, 0.3) is 0 Å². The van der Waals surface area contributed by atoms with E-state index in [0.717, 1.165) is 50.5 Å². The van der Waals surface area contributed by atoms with Crippen molar-refractivity contribution in [1.82, 2.24) is 0 Å². The van der Waals surface area contributed by atoms with Crippen LogP contribution in [0.1, 0.15) is 9.75 Å². The molecule has 4 aromatic rings. The van der Waals surface area contributed by atoms with Crippen LogP contribution in [0.2, 0.25) is 0 Å².